The third-order valence-electron chi connectivity index (χ3n) is 4.79. The standard InChI is InChI=1S/C21H23N7O2S/c1-11(2)15-9-16(22-19-18(15)12(3)27-28(19)4)25-26-21(30)24-17-10-31-20(23-17)13-5-7-14(29)8-6-13/h5-11,29H,1-4H3,(H,22,25)(H2,24,26,30). The van der Waals surface area contributed by atoms with Crippen molar-refractivity contribution in [3.8, 4) is 16.3 Å². The quantitative estimate of drug-likeness (QED) is 0.344. The molecule has 1 aromatic carbocycles. The zero-order valence-electron chi connectivity index (χ0n) is 17.6. The van der Waals surface area contributed by atoms with Gasteiger partial charge in [-0.25, -0.2) is 20.2 Å². The number of phenolic OH excluding ortho intramolecular Hbond substituents is 1. The minimum absolute atomic E-state index is 0.192. The van der Waals surface area contributed by atoms with E-state index in [4.69, 9.17) is 0 Å². The summed E-state index contributed by atoms with van der Waals surface area (Å²) in [6, 6.07) is 8.20. The van der Waals surface area contributed by atoms with Gasteiger partial charge in [-0.15, -0.1) is 11.3 Å². The molecule has 0 saturated carbocycles. The maximum atomic E-state index is 12.3. The lowest BCUT2D eigenvalue weighted by Crippen LogP contribution is -2.34. The number of thiazole rings is 1. The summed E-state index contributed by atoms with van der Waals surface area (Å²) in [7, 11) is 1.85. The summed E-state index contributed by atoms with van der Waals surface area (Å²) in [6.45, 7) is 6.19. The van der Waals surface area contributed by atoms with Crippen LogP contribution in [0, 0.1) is 6.92 Å². The third-order valence-corrected chi connectivity index (χ3v) is 5.68. The highest BCUT2D eigenvalue weighted by atomic mass is 32.1. The van der Waals surface area contributed by atoms with Gasteiger partial charge in [-0.2, -0.15) is 5.10 Å². The molecule has 2 amide bonds. The number of rotatable bonds is 5. The Morgan fingerprint density at radius 1 is 1.16 bits per heavy atom. The maximum Gasteiger partial charge on any atom is 0.339 e. The van der Waals surface area contributed by atoms with Crippen LogP contribution < -0.4 is 16.2 Å². The number of amides is 2. The van der Waals surface area contributed by atoms with Crippen LogP contribution in [0.2, 0.25) is 0 Å². The molecule has 0 bridgehead atoms. The summed E-state index contributed by atoms with van der Waals surface area (Å²) in [5.41, 5.74) is 9.12. The Labute approximate surface area is 183 Å². The Morgan fingerprint density at radius 3 is 2.61 bits per heavy atom. The van der Waals surface area contributed by atoms with E-state index in [1.807, 2.05) is 20.0 Å². The van der Waals surface area contributed by atoms with Crippen molar-refractivity contribution < 1.29 is 9.90 Å². The normalized spacial score (nSPS) is 11.1. The molecule has 0 fully saturated rings. The van der Waals surface area contributed by atoms with Crippen molar-refractivity contribution in [1.29, 1.82) is 0 Å². The first-order chi connectivity index (χ1) is 14.8. The van der Waals surface area contributed by atoms with Crippen molar-refractivity contribution >= 4 is 40.0 Å². The summed E-state index contributed by atoms with van der Waals surface area (Å²) in [6.07, 6.45) is 0. The fourth-order valence-electron chi connectivity index (χ4n) is 3.33. The number of nitrogens with zero attached hydrogens (tertiary/aromatic N) is 4. The Bertz CT molecular complexity index is 1240. The highest BCUT2D eigenvalue weighted by Crippen LogP contribution is 2.29. The number of aryl methyl sites for hydroxylation is 2. The number of aromatic nitrogens is 4. The number of nitrogens with one attached hydrogen (secondary N) is 3. The Balaban J connectivity index is 1.45. The van der Waals surface area contributed by atoms with Crippen molar-refractivity contribution in [2.75, 3.05) is 10.7 Å². The number of hydrazine groups is 1. The number of aromatic hydroxyl groups is 1. The molecule has 0 aliphatic carbocycles. The number of benzene rings is 1. The predicted molar refractivity (Wildman–Crippen MR) is 122 cm³/mol. The van der Waals surface area contributed by atoms with Crippen LogP contribution in [0.5, 0.6) is 5.75 Å². The molecular weight excluding hydrogens is 414 g/mol. The van der Waals surface area contributed by atoms with Crippen LogP contribution in [0.1, 0.15) is 31.0 Å². The number of hydrogen-bond acceptors (Lipinski definition) is 7. The molecule has 4 rings (SSSR count). The first-order valence-electron chi connectivity index (χ1n) is 9.74. The largest absolute Gasteiger partial charge is 0.508 e. The van der Waals surface area contributed by atoms with Gasteiger partial charge in [-0.1, -0.05) is 13.8 Å². The topological polar surface area (TPSA) is 117 Å². The lowest BCUT2D eigenvalue weighted by Gasteiger charge is -2.13. The van der Waals surface area contributed by atoms with Gasteiger partial charge in [-0.05, 0) is 48.7 Å². The molecule has 0 atom stereocenters. The van der Waals surface area contributed by atoms with Crippen LogP contribution in [0.4, 0.5) is 16.4 Å². The highest BCUT2D eigenvalue weighted by molar-refractivity contribution is 7.13. The molecule has 160 valence electrons. The predicted octanol–water partition coefficient (Wildman–Crippen LogP) is 4.38. The zero-order chi connectivity index (χ0) is 22.1. The van der Waals surface area contributed by atoms with Crippen molar-refractivity contribution in [2.45, 2.75) is 26.7 Å². The number of hydrogen-bond donors (Lipinski definition) is 4. The van der Waals surface area contributed by atoms with E-state index in [2.05, 4.69) is 45.1 Å². The van der Waals surface area contributed by atoms with Crippen LogP contribution in [0.15, 0.2) is 35.7 Å². The monoisotopic (exact) mass is 437 g/mol. The van der Waals surface area contributed by atoms with Crippen LogP contribution in [0.3, 0.4) is 0 Å². The molecular formula is C21H23N7O2S. The van der Waals surface area contributed by atoms with E-state index in [9.17, 15) is 9.90 Å². The fraction of sp³-hybridized carbons (Fsp3) is 0.238. The molecule has 0 spiro atoms. The van der Waals surface area contributed by atoms with Crippen LogP contribution in [0.25, 0.3) is 21.6 Å². The molecule has 4 N–H and O–H groups in total. The van der Waals surface area contributed by atoms with Crippen molar-refractivity contribution in [3.05, 3.63) is 47.0 Å². The SMILES string of the molecule is Cc1nn(C)c2nc(NNC(=O)Nc3csc(-c4ccc(O)cc4)n3)cc(C(C)C)c12. The number of fused-ring (bicyclic) bond motifs is 1. The van der Waals surface area contributed by atoms with Gasteiger partial charge in [0.05, 0.1) is 5.69 Å². The van der Waals surface area contributed by atoms with Gasteiger partial charge in [0.2, 0.25) is 0 Å². The lowest BCUT2D eigenvalue weighted by atomic mass is 10.00. The molecule has 31 heavy (non-hydrogen) atoms. The first kappa shape index (κ1) is 20.6. The molecule has 0 aliphatic rings. The molecule has 9 nitrogen and oxygen atoms in total. The van der Waals surface area contributed by atoms with E-state index >= 15 is 0 Å². The van der Waals surface area contributed by atoms with Gasteiger partial charge in [0, 0.05) is 23.4 Å². The van der Waals surface area contributed by atoms with E-state index in [1.165, 1.54) is 11.3 Å². The Hall–Kier alpha value is -3.66. The van der Waals surface area contributed by atoms with E-state index in [1.54, 1.807) is 34.3 Å². The first-order valence-corrected chi connectivity index (χ1v) is 10.6. The van der Waals surface area contributed by atoms with Gasteiger partial charge in [0.15, 0.2) is 5.65 Å². The van der Waals surface area contributed by atoms with Crippen LogP contribution in [-0.4, -0.2) is 30.9 Å². The van der Waals surface area contributed by atoms with E-state index in [-0.39, 0.29) is 11.7 Å². The molecule has 0 radical (unpaired) electrons. The zero-order valence-corrected chi connectivity index (χ0v) is 18.4. The van der Waals surface area contributed by atoms with Gasteiger partial charge in [0.25, 0.3) is 0 Å². The molecule has 4 aromatic rings. The molecule has 0 unspecified atom stereocenters. The Kier molecular flexibility index (Phi) is 5.47. The second kappa shape index (κ2) is 8.23. The number of urea groups is 1. The molecule has 0 saturated heterocycles. The van der Waals surface area contributed by atoms with Crippen molar-refractivity contribution in [3.63, 3.8) is 0 Å². The molecule has 0 aliphatic heterocycles. The number of carbonyl (C=O) groups excluding carboxylic acids is 1. The average molecular weight is 438 g/mol. The Morgan fingerprint density at radius 2 is 1.90 bits per heavy atom. The van der Waals surface area contributed by atoms with Gasteiger partial charge < -0.3 is 5.11 Å². The summed E-state index contributed by atoms with van der Waals surface area (Å²) < 4.78 is 1.74. The van der Waals surface area contributed by atoms with Gasteiger partial charge in [0.1, 0.15) is 22.4 Å². The summed E-state index contributed by atoms with van der Waals surface area (Å²) in [4.78, 5) is 21.3. The van der Waals surface area contributed by atoms with Crippen LogP contribution >= 0.6 is 11.3 Å². The smallest absolute Gasteiger partial charge is 0.339 e. The van der Waals surface area contributed by atoms with E-state index in [0.717, 1.165) is 32.9 Å². The lowest BCUT2D eigenvalue weighted by molar-refractivity contribution is 0.253. The number of carbonyl (C=O) groups is 1. The number of pyridine rings is 1. The summed E-state index contributed by atoms with van der Waals surface area (Å²) in [5, 5.41) is 20.1. The van der Waals surface area contributed by atoms with Crippen molar-refractivity contribution in [2.24, 2.45) is 7.05 Å². The number of anilines is 2. The van der Waals surface area contributed by atoms with Gasteiger partial charge >= 0.3 is 6.03 Å². The van der Waals surface area contributed by atoms with Crippen LogP contribution in [-0.2, 0) is 7.05 Å². The fourth-order valence-corrected chi connectivity index (χ4v) is 4.09. The maximum absolute atomic E-state index is 12.3. The molecule has 10 heteroatoms. The minimum atomic E-state index is -0.461. The van der Waals surface area contributed by atoms with E-state index in [0.29, 0.717) is 11.6 Å². The summed E-state index contributed by atoms with van der Waals surface area (Å²) >= 11 is 1.40. The van der Waals surface area contributed by atoms with Crippen molar-refractivity contribution in [1.82, 2.24) is 25.2 Å². The van der Waals surface area contributed by atoms with E-state index < -0.39 is 6.03 Å². The second-order valence-electron chi connectivity index (χ2n) is 7.45. The third kappa shape index (κ3) is 4.29. The minimum Gasteiger partial charge on any atom is -0.508 e. The number of phenols is 1. The van der Waals surface area contributed by atoms with Gasteiger partial charge in [-0.3, -0.25) is 15.4 Å². The highest BCUT2D eigenvalue weighted by Gasteiger charge is 2.16. The molecule has 3 aromatic heterocycles. The second-order valence-corrected chi connectivity index (χ2v) is 8.31. The summed E-state index contributed by atoms with van der Waals surface area (Å²) in [5.74, 6) is 1.42. The molecule has 3 heterocycles. The average Bonchev–Trinajstić information content (AvgIpc) is 3.31.